The highest BCUT2D eigenvalue weighted by Gasteiger charge is 2.32. The monoisotopic (exact) mass is 624 g/mol. The highest BCUT2D eigenvalue weighted by Crippen LogP contribution is 2.34. The maximum absolute atomic E-state index is 12.6. The topological polar surface area (TPSA) is 167 Å². The fourth-order valence-corrected chi connectivity index (χ4v) is 4.53. The van der Waals surface area contributed by atoms with E-state index in [4.69, 9.17) is 35.0 Å². The number of esters is 2. The molecule has 44 heavy (non-hydrogen) atoms. The van der Waals surface area contributed by atoms with Crippen LogP contribution in [0.2, 0.25) is 5.02 Å². The maximum atomic E-state index is 12.6. The van der Waals surface area contributed by atoms with Crippen LogP contribution in [-0.4, -0.2) is 57.5 Å². The van der Waals surface area contributed by atoms with Crippen LogP contribution in [0.3, 0.4) is 0 Å². The van der Waals surface area contributed by atoms with Crippen molar-refractivity contribution >= 4 is 41.7 Å². The number of furan rings is 1. The molecule has 0 aliphatic carbocycles. The number of hydrazone groups is 1. The van der Waals surface area contributed by atoms with Crippen molar-refractivity contribution in [3.8, 4) is 22.8 Å². The van der Waals surface area contributed by atoms with Crippen molar-refractivity contribution in [3.63, 3.8) is 0 Å². The molecule has 1 aliphatic rings. The van der Waals surface area contributed by atoms with Crippen LogP contribution in [0.5, 0.6) is 11.5 Å². The molecule has 0 unspecified atom stereocenters. The molecular formula is C30H29ClN4O9. The van der Waals surface area contributed by atoms with Gasteiger partial charge in [0.1, 0.15) is 11.5 Å². The van der Waals surface area contributed by atoms with E-state index in [1.165, 1.54) is 26.5 Å². The number of halogens is 1. The second-order valence-electron chi connectivity index (χ2n) is 9.17. The number of carbonyl (C=O) groups excluding carboxylic acids is 4. The number of nitrogens with one attached hydrogen (secondary N) is 3. The van der Waals surface area contributed by atoms with E-state index in [9.17, 15) is 19.2 Å². The van der Waals surface area contributed by atoms with Crippen LogP contribution in [0.1, 0.15) is 41.6 Å². The zero-order chi connectivity index (χ0) is 31.8. The summed E-state index contributed by atoms with van der Waals surface area (Å²) in [6, 6.07) is 11.6. The molecule has 2 aromatic carbocycles. The van der Waals surface area contributed by atoms with Gasteiger partial charge in [-0.05, 0) is 55.8 Å². The molecule has 3 aromatic rings. The van der Waals surface area contributed by atoms with Gasteiger partial charge in [0.15, 0.2) is 18.1 Å². The van der Waals surface area contributed by atoms with Crippen molar-refractivity contribution in [1.29, 1.82) is 0 Å². The summed E-state index contributed by atoms with van der Waals surface area (Å²) in [4.78, 5) is 48.8. The second-order valence-corrected chi connectivity index (χ2v) is 9.58. The van der Waals surface area contributed by atoms with Gasteiger partial charge in [-0.2, -0.15) is 5.10 Å². The number of ether oxygens (including phenoxy) is 4. The molecule has 13 nitrogen and oxygen atoms in total. The molecule has 3 amide bonds. The normalized spacial score (nSPS) is 14.5. The van der Waals surface area contributed by atoms with E-state index in [2.05, 4.69) is 21.2 Å². The van der Waals surface area contributed by atoms with Crippen molar-refractivity contribution < 1.29 is 42.5 Å². The Labute approximate surface area is 257 Å². The van der Waals surface area contributed by atoms with Gasteiger partial charge in [-0.1, -0.05) is 23.7 Å². The predicted molar refractivity (Wildman–Crippen MR) is 158 cm³/mol. The Kier molecular flexibility index (Phi) is 10.2. The second kappa shape index (κ2) is 14.2. The molecule has 0 saturated carbocycles. The van der Waals surface area contributed by atoms with Crippen molar-refractivity contribution in [3.05, 3.63) is 81.7 Å². The fourth-order valence-electron chi connectivity index (χ4n) is 4.27. The molecule has 0 bridgehead atoms. The number of amides is 3. The molecule has 1 aliphatic heterocycles. The molecule has 0 saturated heterocycles. The molecule has 14 heteroatoms. The van der Waals surface area contributed by atoms with E-state index in [0.29, 0.717) is 28.3 Å². The molecular weight excluding hydrogens is 596 g/mol. The summed E-state index contributed by atoms with van der Waals surface area (Å²) >= 11 is 6.18. The van der Waals surface area contributed by atoms with E-state index in [1.807, 2.05) is 0 Å². The van der Waals surface area contributed by atoms with E-state index >= 15 is 0 Å². The van der Waals surface area contributed by atoms with Crippen LogP contribution < -0.4 is 25.5 Å². The molecule has 2 heterocycles. The van der Waals surface area contributed by atoms with Gasteiger partial charge in [0.05, 0.1) is 49.2 Å². The van der Waals surface area contributed by atoms with Gasteiger partial charge < -0.3 is 34.0 Å². The number of hydrogen-bond acceptors (Lipinski definition) is 10. The van der Waals surface area contributed by atoms with Gasteiger partial charge in [0, 0.05) is 11.3 Å². The Bertz CT molecular complexity index is 1650. The average molecular weight is 625 g/mol. The molecule has 0 fully saturated rings. The molecule has 1 aromatic heterocycles. The Morgan fingerprint density at radius 2 is 1.86 bits per heavy atom. The third-order valence-electron chi connectivity index (χ3n) is 6.31. The van der Waals surface area contributed by atoms with Gasteiger partial charge in [0.2, 0.25) is 0 Å². The van der Waals surface area contributed by atoms with Crippen LogP contribution >= 0.6 is 11.6 Å². The summed E-state index contributed by atoms with van der Waals surface area (Å²) in [5.41, 5.74) is 4.38. The van der Waals surface area contributed by atoms with Crippen molar-refractivity contribution in [1.82, 2.24) is 16.1 Å². The first kappa shape index (κ1) is 31.6. The van der Waals surface area contributed by atoms with Crippen LogP contribution in [0.25, 0.3) is 11.3 Å². The number of rotatable bonds is 11. The SMILES string of the molecule is CCOC(=O)C1=C(C)NC(=O)N[C@H]1c1ccc(OCC(=O)N/N=C\c2ccc(-c3ccc(C(=O)OC)c(Cl)c3)o2)c(OC)c1. The van der Waals surface area contributed by atoms with Gasteiger partial charge in [-0.3, -0.25) is 4.79 Å². The minimum atomic E-state index is -0.790. The van der Waals surface area contributed by atoms with Crippen molar-refractivity contribution in [2.24, 2.45) is 5.10 Å². The van der Waals surface area contributed by atoms with Gasteiger partial charge in [-0.15, -0.1) is 0 Å². The molecule has 0 radical (unpaired) electrons. The lowest BCUT2D eigenvalue weighted by Crippen LogP contribution is -2.45. The smallest absolute Gasteiger partial charge is 0.339 e. The quantitative estimate of drug-likeness (QED) is 0.162. The molecule has 1 atom stereocenters. The number of allylic oxidation sites excluding steroid dienone is 1. The third kappa shape index (κ3) is 7.36. The number of carbonyl (C=O) groups is 4. The molecule has 3 N–H and O–H groups in total. The third-order valence-corrected chi connectivity index (χ3v) is 6.62. The fraction of sp³-hybridized carbons (Fsp3) is 0.233. The Morgan fingerprint density at radius 1 is 1.07 bits per heavy atom. The highest BCUT2D eigenvalue weighted by molar-refractivity contribution is 6.33. The first-order valence-corrected chi connectivity index (χ1v) is 13.6. The maximum Gasteiger partial charge on any atom is 0.339 e. The lowest BCUT2D eigenvalue weighted by molar-refractivity contribution is -0.139. The highest BCUT2D eigenvalue weighted by atomic mass is 35.5. The molecule has 4 rings (SSSR count). The van der Waals surface area contributed by atoms with Crippen molar-refractivity contribution in [2.45, 2.75) is 19.9 Å². The van der Waals surface area contributed by atoms with Gasteiger partial charge in [0.25, 0.3) is 5.91 Å². The Morgan fingerprint density at radius 3 is 2.57 bits per heavy atom. The van der Waals surface area contributed by atoms with Gasteiger partial charge in [-0.25, -0.2) is 19.8 Å². The summed E-state index contributed by atoms with van der Waals surface area (Å²) in [5.74, 6) is -0.325. The van der Waals surface area contributed by atoms with Crippen molar-refractivity contribution in [2.75, 3.05) is 27.4 Å². The van der Waals surface area contributed by atoms with Gasteiger partial charge >= 0.3 is 18.0 Å². The predicted octanol–water partition coefficient (Wildman–Crippen LogP) is 4.12. The van der Waals surface area contributed by atoms with Crippen LogP contribution in [0.4, 0.5) is 4.79 Å². The minimum Gasteiger partial charge on any atom is -0.493 e. The number of benzene rings is 2. The Balaban J connectivity index is 1.37. The minimum absolute atomic E-state index is 0.171. The lowest BCUT2D eigenvalue weighted by Gasteiger charge is -2.28. The summed E-state index contributed by atoms with van der Waals surface area (Å²) in [7, 11) is 2.69. The number of methoxy groups -OCH3 is 2. The molecule has 230 valence electrons. The van der Waals surface area contributed by atoms with Crippen LogP contribution in [-0.2, 0) is 19.1 Å². The number of nitrogens with zero attached hydrogens (tertiary/aromatic N) is 1. The summed E-state index contributed by atoms with van der Waals surface area (Å²) in [5, 5.41) is 9.40. The summed E-state index contributed by atoms with van der Waals surface area (Å²) in [6.07, 6.45) is 1.31. The molecule has 0 spiro atoms. The zero-order valence-electron chi connectivity index (χ0n) is 24.2. The first-order chi connectivity index (χ1) is 21.1. The van der Waals surface area contributed by atoms with E-state index < -0.39 is 36.5 Å². The van der Waals surface area contributed by atoms with E-state index in [1.54, 1.807) is 56.3 Å². The summed E-state index contributed by atoms with van der Waals surface area (Å²) < 4.78 is 26.6. The van der Waals surface area contributed by atoms with E-state index in [-0.39, 0.29) is 34.3 Å². The van der Waals surface area contributed by atoms with Crippen LogP contribution in [0, 0.1) is 0 Å². The summed E-state index contributed by atoms with van der Waals surface area (Å²) in [6.45, 7) is 3.08. The number of urea groups is 1. The average Bonchev–Trinajstić information content (AvgIpc) is 3.48. The standard InChI is InChI=1S/C30H29ClN4O9/c1-5-42-29(38)26-16(2)33-30(39)34-27(26)18-7-10-23(24(13-18)40-3)43-15-25(36)35-32-14-19-8-11-22(44-19)17-6-9-20(21(31)12-17)28(37)41-4/h6-14,27H,5,15H2,1-4H3,(H,35,36)(H2,33,34,39)/b32-14-/t27-/m0/s1. The van der Waals surface area contributed by atoms with Crippen LogP contribution in [0.15, 0.2) is 69.3 Å². The van der Waals surface area contributed by atoms with E-state index in [0.717, 1.165) is 0 Å². The Hall–Kier alpha value is -5.30. The zero-order valence-corrected chi connectivity index (χ0v) is 24.9. The first-order valence-electron chi connectivity index (χ1n) is 13.2. The largest absolute Gasteiger partial charge is 0.493 e. The number of hydrogen-bond donors (Lipinski definition) is 3. The lowest BCUT2D eigenvalue weighted by atomic mass is 9.95.